The quantitative estimate of drug-likeness (QED) is 0.569. The Bertz CT molecular complexity index is 1010. The van der Waals surface area contributed by atoms with Crippen LogP contribution in [0, 0.1) is 6.92 Å². The van der Waals surface area contributed by atoms with Gasteiger partial charge >= 0.3 is 0 Å². The molecule has 0 fully saturated rings. The predicted octanol–water partition coefficient (Wildman–Crippen LogP) is 4.98. The Hall–Kier alpha value is -3.40. The van der Waals surface area contributed by atoms with Gasteiger partial charge in [-0.25, -0.2) is 4.98 Å². The normalized spacial score (nSPS) is 10.8. The van der Waals surface area contributed by atoms with E-state index in [4.69, 9.17) is 4.42 Å². The number of carbonyl (C=O) groups excluding carboxylic acids is 1. The van der Waals surface area contributed by atoms with E-state index in [1.54, 1.807) is 0 Å². The molecule has 26 heavy (non-hydrogen) atoms. The van der Waals surface area contributed by atoms with Crippen LogP contribution < -0.4 is 5.32 Å². The molecule has 0 spiro atoms. The summed E-state index contributed by atoms with van der Waals surface area (Å²) in [7, 11) is 0. The molecule has 4 nitrogen and oxygen atoms in total. The van der Waals surface area contributed by atoms with Crippen LogP contribution in [0.2, 0.25) is 0 Å². The number of fused-ring (bicyclic) bond motifs is 1. The van der Waals surface area contributed by atoms with Crippen molar-refractivity contribution < 1.29 is 9.21 Å². The highest BCUT2D eigenvalue weighted by molar-refractivity contribution is 5.92. The minimum absolute atomic E-state index is 0.0385. The standard InChI is InChI=1S/C22H18N2O2/c1-15-6-8-16(9-7-15)14-21(25)23-18-12-10-17(11-13-18)22-24-19-4-2-3-5-20(19)26-22/h2-13H,14H2,1H3,(H,23,25). The van der Waals surface area contributed by atoms with Crippen LogP contribution in [0.5, 0.6) is 0 Å². The van der Waals surface area contributed by atoms with E-state index in [1.807, 2.05) is 79.7 Å². The van der Waals surface area contributed by atoms with Gasteiger partial charge in [0.1, 0.15) is 5.52 Å². The molecule has 4 heteroatoms. The summed E-state index contributed by atoms with van der Waals surface area (Å²) in [5, 5.41) is 2.92. The van der Waals surface area contributed by atoms with E-state index in [9.17, 15) is 4.79 Å². The van der Waals surface area contributed by atoms with Gasteiger partial charge in [-0.1, -0.05) is 42.0 Å². The van der Waals surface area contributed by atoms with Gasteiger partial charge in [0.2, 0.25) is 11.8 Å². The smallest absolute Gasteiger partial charge is 0.228 e. The molecule has 0 atom stereocenters. The molecule has 128 valence electrons. The predicted molar refractivity (Wildman–Crippen MR) is 103 cm³/mol. The van der Waals surface area contributed by atoms with E-state index in [0.29, 0.717) is 12.3 Å². The van der Waals surface area contributed by atoms with Gasteiger partial charge in [-0.2, -0.15) is 0 Å². The summed E-state index contributed by atoms with van der Waals surface area (Å²) < 4.78 is 5.77. The number of nitrogens with zero attached hydrogens (tertiary/aromatic N) is 1. The fourth-order valence-electron chi connectivity index (χ4n) is 2.79. The molecular formula is C22H18N2O2. The zero-order valence-electron chi connectivity index (χ0n) is 14.4. The van der Waals surface area contributed by atoms with E-state index in [-0.39, 0.29) is 5.91 Å². The van der Waals surface area contributed by atoms with Crippen molar-refractivity contribution >= 4 is 22.7 Å². The monoisotopic (exact) mass is 342 g/mol. The first kappa shape index (κ1) is 16.1. The maximum atomic E-state index is 12.2. The van der Waals surface area contributed by atoms with E-state index in [1.165, 1.54) is 5.56 Å². The first-order valence-electron chi connectivity index (χ1n) is 8.49. The summed E-state index contributed by atoms with van der Waals surface area (Å²) in [6.07, 6.45) is 0.354. The van der Waals surface area contributed by atoms with Crippen LogP contribution in [-0.4, -0.2) is 10.9 Å². The third-order valence-electron chi connectivity index (χ3n) is 4.19. The van der Waals surface area contributed by atoms with Gasteiger partial charge in [-0.15, -0.1) is 0 Å². The van der Waals surface area contributed by atoms with Crippen molar-refractivity contribution in [1.82, 2.24) is 4.98 Å². The number of amides is 1. The van der Waals surface area contributed by atoms with Crippen molar-refractivity contribution in [3.8, 4) is 11.5 Å². The number of oxazole rings is 1. The summed E-state index contributed by atoms with van der Waals surface area (Å²) in [6.45, 7) is 2.03. The number of aryl methyl sites for hydroxylation is 1. The lowest BCUT2D eigenvalue weighted by Crippen LogP contribution is -2.14. The van der Waals surface area contributed by atoms with Gasteiger partial charge in [-0.05, 0) is 48.9 Å². The van der Waals surface area contributed by atoms with Gasteiger partial charge in [0.15, 0.2) is 5.58 Å². The second-order valence-electron chi connectivity index (χ2n) is 6.27. The second-order valence-corrected chi connectivity index (χ2v) is 6.27. The van der Waals surface area contributed by atoms with Crippen LogP contribution in [0.25, 0.3) is 22.6 Å². The van der Waals surface area contributed by atoms with Crippen molar-refractivity contribution in [2.75, 3.05) is 5.32 Å². The second kappa shape index (κ2) is 6.84. The molecular weight excluding hydrogens is 324 g/mol. The van der Waals surface area contributed by atoms with E-state index in [0.717, 1.165) is 27.9 Å². The highest BCUT2D eigenvalue weighted by atomic mass is 16.3. The lowest BCUT2D eigenvalue weighted by molar-refractivity contribution is -0.115. The first-order chi connectivity index (χ1) is 12.7. The average molecular weight is 342 g/mol. The van der Waals surface area contributed by atoms with Crippen molar-refractivity contribution in [1.29, 1.82) is 0 Å². The molecule has 1 N–H and O–H groups in total. The summed E-state index contributed by atoms with van der Waals surface area (Å²) >= 11 is 0. The lowest BCUT2D eigenvalue weighted by atomic mass is 10.1. The number of nitrogens with one attached hydrogen (secondary N) is 1. The van der Waals surface area contributed by atoms with E-state index < -0.39 is 0 Å². The Morgan fingerprint density at radius 1 is 0.962 bits per heavy atom. The van der Waals surface area contributed by atoms with Crippen LogP contribution in [0.1, 0.15) is 11.1 Å². The Kier molecular flexibility index (Phi) is 4.23. The Morgan fingerprint density at radius 3 is 2.42 bits per heavy atom. The van der Waals surface area contributed by atoms with Crippen LogP contribution in [0.3, 0.4) is 0 Å². The molecule has 4 aromatic rings. The van der Waals surface area contributed by atoms with Crippen LogP contribution in [-0.2, 0) is 11.2 Å². The summed E-state index contributed by atoms with van der Waals surface area (Å²) in [5.74, 6) is 0.534. The molecule has 0 unspecified atom stereocenters. The van der Waals surface area contributed by atoms with E-state index >= 15 is 0 Å². The number of anilines is 1. The summed E-state index contributed by atoms with van der Waals surface area (Å²) in [5.41, 5.74) is 5.40. The molecule has 1 aromatic heterocycles. The van der Waals surface area contributed by atoms with Gasteiger partial charge < -0.3 is 9.73 Å². The third kappa shape index (κ3) is 3.49. The number of aromatic nitrogens is 1. The number of benzene rings is 3. The van der Waals surface area contributed by atoms with Crippen molar-refractivity contribution in [3.05, 3.63) is 83.9 Å². The molecule has 0 aliphatic carbocycles. The zero-order chi connectivity index (χ0) is 17.9. The maximum absolute atomic E-state index is 12.2. The SMILES string of the molecule is Cc1ccc(CC(=O)Nc2ccc(-c3nc4ccccc4o3)cc2)cc1. The molecule has 0 aliphatic rings. The van der Waals surface area contributed by atoms with Crippen molar-refractivity contribution in [2.45, 2.75) is 13.3 Å². The number of rotatable bonds is 4. The van der Waals surface area contributed by atoms with Crippen LogP contribution >= 0.6 is 0 Å². The minimum Gasteiger partial charge on any atom is -0.436 e. The number of hydrogen-bond donors (Lipinski definition) is 1. The van der Waals surface area contributed by atoms with Gasteiger partial charge in [-0.3, -0.25) is 4.79 Å². The lowest BCUT2D eigenvalue weighted by Gasteiger charge is -2.06. The topological polar surface area (TPSA) is 55.1 Å². The van der Waals surface area contributed by atoms with E-state index in [2.05, 4.69) is 10.3 Å². The minimum atomic E-state index is -0.0385. The highest BCUT2D eigenvalue weighted by Crippen LogP contribution is 2.25. The number of carbonyl (C=O) groups is 1. The Morgan fingerprint density at radius 2 is 1.69 bits per heavy atom. The molecule has 0 bridgehead atoms. The van der Waals surface area contributed by atoms with Crippen LogP contribution in [0.15, 0.2) is 77.2 Å². The first-order valence-corrected chi connectivity index (χ1v) is 8.49. The fraction of sp³-hybridized carbons (Fsp3) is 0.0909. The average Bonchev–Trinajstić information content (AvgIpc) is 3.08. The third-order valence-corrected chi connectivity index (χ3v) is 4.19. The van der Waals surface area contributed by atoms with Gasteiger partial charge in [0, 0.05) is 11.3 Å². The van der Waals surface area contributed by atoms with Gasteiger partial charge in [0.05, 0.1) is 6.42 Å². The van der Waals surface area contributed by atoms with Crippen molar-refractivity contribution in [3.63, 3.8) is 0 Å². The zero-order valence-corrected chi connectivity index (χ0v) is 14.4. The Labute approximate surface area is 151 Å². The molecule has 1 amide bonds. The van der Waals surface area contributed by atoms with Gasteiger partial charge in [0.25, 0.3) is 0 Å². The maximum Gasteiger partial charge on any atom is 0.228 e. The molecule has 0 aliphatic heterocycles. The van der Waals surface area contributed by atoms with Crippen LogP contribution in [0.4, 0.5) is 5.69 Å². The molecule has 3 aromatic carbocycles. The highest BCUT2D eigenvalue weighted by Gasteiger charge is 2.09. The summed E-state index contributed by atoms with van der Waals surface area (Å²) in [6, 6.07) is 23.2. The molecule has 0 saturated heterocycles. The summed E-state index contributed by atoms with van der Waals surface area (Å²) in [4.78, 5) is 16.7. The molecule has 4 rings (SSSR count). The molecule has 0 radical (unpaired) electrons. The number of hydrogen-bond acceptors (Lipinski definition) is 3. The largest absolute Gasteiger partial charge is 0.436 e. The van der Waals surface area contributed by atoms with Crippen molar-refractivity contribution in [2.24, 2.45) is 0 Å². The molecule has 1 heterocycles. The Balaban J connectivity index is 1.45. The molecule has 0 saturated carbocycles. The number of para-hydroxylation sites is 2. The fourth-order valence-corrected chi connectivity index (χ4v) is 2.79.